The first-order valence-corrected chi connectivity index (χ1v) is 12.9. The Morgan fingerprint density at radius 2 is 1.42 bits per heavy atom. The number of aliphatic imine (C=N–C) groups is 2. The summed E-state index contributed by atoms with van der Waals surface area (Å²) >= 11 is 0. The molecule has 10 nitrogen and oxygen atoms in total. The number of hydrogen-bond acceptors (Lipinski definition) is 10. The first-order valence-electron chi connectivity index (χ1n) is 12.9. The molecule has 0 aromatic carbocycles. The lowest BCUT2D eigenvalue weighted by molar-refractivity contribution is 0.347. The molecule has 0 aliphatic carbocycles. The van der Waals surface area contributed by atoms with Crippen LogP contribution in [0.3, 0.4) is 0 Å². The van der Waals surface area contributed by atoms with Crippen molar-refractivity contribution in [2.45, 2.75) is 110 Å². The zero-order chi connectivity index (χ0) is 27.2. The van der Waals surface area contributed by atoms with E-state index < -0.39 is 22.2 Å². The van der Waals surface area contributed by atoms with Crippen LogP contribution in [0, 0.1) is 34.5 Å². The predicted octanol–water partition coefficient (Wildman–Crippen LogP) is 4.85. The van der Waals surface area contributed by atoms with Gasteiger partial charge in [0, 0.05) is 12.6 Å². The summed E-state index contributed by atoms with van der Waals surface area (Å²) in [7, 11) is 0. The van der Waals surface area contributed by atoms with Gasteiger partial charge in [-0.3, -0.25) is 9.98 Å². The number of rotatable bonds is 12. The van der Waals surface area contributed by atoms with Crippen molar-refractivity contribution in [3.63, 3.8) is 0 Å². The van der Waals surface area contributed by atoms with Crippen LogP contribution in [0.4, 0.5) is 0 Å². The minimum absolute atomic E-state index is 0.156. The molecule has 0 bridgehead atoms. The number of amidine groups is 2. The van der Waals surface area contributed by atoms with E-state index in [1.54, 1.807) is 13.8 Å². The summed E-state index contributed by atoms with van der Waals surface area (Å²) in [5, 5.41) is 44.1. The quantitative estimate of drug-likeness (QED) is 0.372. The maximum absolute atomic E-state index is 9.84. The first-order chi connectivity index (χ1) is 16.6. The van der Waals surface area contributed by atoms with Crippen molar-refractivity contribution < 1.29 is 0 Å². The lowest BCUT2D eigenvalue weighted by Crippen LogP contribution is -2.43. The molecule has 0 saturated carbocycles. The van der Waals surface area contributed by atoms with E-state index in [1.807, 2.05) is 41.5 Å². The minimum Gasteiger partial charge on any atom is -0.370 e. The van der Waals surface area contributed by atoms with E-state index in [1.165, 1.54) is 0 Å². The Hall–Kier alpha value is -2.88. The second-order valence-corrected chi connectivity index (χ2v) is 12.1. The maximum Gasteiger partial charge on any atom is 0.165 e. The number of nitriles is 2. The normalized spacial score (nSPS) is 22.8. The Labute approximate surface area is 216 Å². The Balaban J connectivity index is 1.96. The molecule has 0 amide bonds. The molecule has 2 heterocycles. The summed E-state index contributed by atoms with van der Waals surface area (Å²) in [6, 6.07) is 4.72. The van der Waals surface area contributed by atoms with Crippen LogP contribution in [0.25, 0.3) is 0 Å². The molecule has 36 heavy (non-hydrogen) atoms. The molecule has 2 rings (SSSR count). The first kappa shape index (κ1) is 29.4. The fourth-order valence-corrected chi connectivity index (χ4v) is 4.62. The number of azo groups is 2. The summed E-state index contributed by atoms with van der Waals surface area (Å²) in [5.74, 6) is 2.20. The standard InChI is InChI=1S/C26H44N10/c1-18(2)13-25(8,16-27)35-36-26(9,17-28)14-19(3)12-20-15-31-22(32-20)24(6,7)34-33-23(4,5)21-29-10-11-30-21/h18-20H,10-15H2,1-9H3,(H,29,30)(H,31,32). The molecule has 0 fully saturated rings. The second-order valence-electron chi connectivity index (χ2n) is 12.1. The van der Waals surface area contributed by atoms with Crippen LogP contribution in [-0.2, 0) is 0 Å². The van der Waals surface area contributed by atoms with E-state index in [-0.39, 0.29) is 12.0 Å². The summed E-state index contributed by atoms with van der Waals surface area (Å²) in [5.41, 5.74) is -2.98. The fourth-order valence-electron chi connectivity index (χ4n) is 4.62. The third-order valence-corrected chi connectivity index (χ3v) is 6.41. The monoisotopic (exact) mass is 496 g/mol. The second kappa shape index (κ2) is 11.5. The lowest BCUT2D eigenvalue weighted by Gasteiger charge is -2.26. The van der Waals surface area contributed by atoms with Gasteiger partial charge in [0.1, 0.15) is 22.7 Å². The van der Waals surface area contributed by atoms with Crippen molar-refractivity contribution in [1.29, 1.82) is 10.5 Å². The number of nitrogens with zero attached hydrogens (tertiary/aromatic N) is 8. The van der Waals surface area contributed by atoms with E-state index in [9.17, 15) is 10.5 Å². The molecule has 198 valence electrons. The van der Waals surface area contributed by atoms with Crippen LogP contribution in [-0.4, -0.2) is 59.5 Å². The van der Waals surface area contributed by atoms with Crippen LogP contribution < -0.4 is 10.6 Å². The van der Waals surface area contributed by atoms with Crippen molar-refractivity contribution >= 4 is 11.7 Å². The Bertz CT molecular complexity index is 978. The molecule has 0 saturated heterocycles. The van der Waals surface area contributed by atoms with E-state index in [4.69, 9.17) is 4.99 Å². The molecule has 10 heteroatoms. The molecule has 0 spiro atoms. The van der Waals surface area contributed by atoms with E-state index in [0.717, 1.165) is 31.2 Å². The lowest BCUT2D eigenvalue weighted by atomic mass is 9.88. The molecular weight excluding hydrogens is 452 g/mol. The van der Waals surface area contributed by atoms with Crippen LogP contribution >= 0.6 is 0 Å². The van der Waals surface area contributed by atoms with Gasteiger partial charge in [-0.25, -0.2) is 0 Å². The van der Waals surface area contributed by atoms with Crippen LogP contribution in [0.1, 0.15) is 81.6 Å². The highest BCUT2D eigenvalue weighted by atomic mass is 15.3. The van der Waals surface area contributed by atoms with Crippen molar-refractivity contribution in [2.75, 3.05) is 19.6 Å². The van der Waals surface area contributed by atoms with Crippen molar-refractivity contribution in [2.24, 2.45) is 42.3 Å². The molecular formula is C26H44N10. The molecule has 4 unspecified atom stereocenters. The maximum atomic E-state index is 9.84. The van der Waals surface area contributed by atoms with Gasteiger partial charge in [-0.2, -0.15) is 31.0 Å². The van der Waals surface area contributed by atoms with Crippen LogP contribution in [0.2, 0.25) is 0 Å². The smallest absolute Gasteiger partial charge is 0.165 e. The average Bonchev–Trinajstić information content (AvgIpc) is 3.49. The van der Waals surface area contributed by atoms with Gasteiger partial charge in [-0.1, -0.05) is 20.8 Å². The highest BCUT2D eigenvalue weighted by molar-refractivity contribution is 5.93. The Kier molecular flexibility index (Phi) is 9.34. The topological polar surface area (TPSA) is 146 Å². The third-order valence-electron chi connectivity index (χ3n) is 6.41. The molecule has 0 aromatic rings. The van der Waals surface area contributed by atoms with Gasteiger partial charge in [0.25, 0.3) is 0 Å². The zero-order valence-electron chi connectivity index (χ0n) is 23.6. The van der Waals surface area contributed by atoms with E-state index >= 15 is 0 Å². The molecule has 0 aromatic heterocycles. The summed E-state index contributed by atoms with van der Waals surface area (Å²) in [6.07, 6.45) is 1.99. The van der Waals surface area contributed by atoms with Crippen LogP contribution in [0.15, 0.2) is 30.4 Å². The van der Waals surface area contributed by atoms with Gasteiger partial charge in [-0.05, 0) is 72.6 Å². The third kappa shape index (κ3) is 8.08. The molecule has 2 N–H and O–H groups in total. The summed E-state index contributed by atoms with van der Waals surface area (Å²) < 4.78 is 0. The minimum atomic E-state index is -0.979. The van der Waals surface area contributed by atoms with Crippen molar-refractivity contribution in [3.05, 3.63) is 0 Å². The number of hydrogen-bond donors (Lipinski definition) is 2. The van der Waals surface area contributed by atoms with Gasteiger partial charge < -0.3 is 10.6 Å². The van der Waals surface area contributed by atoms with Gasteiger partial charge >= 0.3 is 0 Å². The average molecular weight is 497 g/mol. The molecule has 2 aliphatic heterocycles. The molecule has 2 aliphatic rings. The predicted molar refractivity (Wildman–Crippen MR) is 143 cm³/mol. The van der Waals surface area contributed by atoms with Gasteiger partial charge in [0.15, 0.2) is 11.1 Å². The van der Waals surface area contributed by atoms with E-state index in [0.29, 0.717) is 25.3 Å². The fraction of sp³-hybridized carbons (Fsp3) is 0.846. The Morgan fingerprint density at radius 1 is 0.861 bits per heavy atom. The van der Waals surface area contributed by atoms with E-state index in [2.05, 4.69) is 55.1 Å². The van der Waals surface area contributed by atoms with Gasteiger partial charge in [0.05, 0.1) is 25.2 Å². The number of nitrogens with one attached hydrogen (secondary N) is 2. The van der Waals surface area contributed by atoms with Crippen molar-refractivity contribution in [3.8, 4) is 12.1 Å². The SMILES string of the molecule is CC(C)CC(C)(C#N)N=NC(C)(C#N)CC(C)CC1CN=C(C(C)(C)N=NC(C)(C)C2=NCCN2)N1. The molecule has 0 radical (unpaired) electrons. The summed E-state index contributed by atoms with van der Waals surface area (Å²) in [6.45, 7) is 20.1. The van der Waals surface area contributed by atoms with Gasteiger partial charge in [-0.15, -0.1) is 0 Å². The highest BCUT2D eigenvalue weighted by Gasteiger charge is 2.35. The van der Waals surface area contributed by atoms with Crippen LogP contribution in [0.5, 0.6) is 0 Å². The van der Waals surface area contributed by atoms with Gasteiger partial charge in [0.2, 0.25) is 0 Å². The summed E-state index contributed by atoms with van der Waals surface area (Å²) in [4.78, 5) is 9.21. The van der Waals surface area contributed by atoms with Crippen molar-refractivity contribution in [1.82, 2.24) is 10.6 Å². The largest absolute Gasteiger partial charge is 0.370 e. The Morgan fingerprint density at radius 3 is 1.92 bits per heavy atom. The molecule has 4 atom stereocenters. The zero-order valence-corrected chi connectivity index (χ0v) is 23.6. The highest BCUT2D eigenvalue weighted by Crippen LogP contribution is 2.29.